The predicted molar refractivity (Wildman–Crippen MR) is 69.9 cm³/mol. The zero-order valence-electron chi connectivity index (χ0n) is 9.65. The van der Waals surface area contributed by atoms with Crippen molar-refractivity contribution in [1.29, 1.82) is 0 Å². The van der Waals surface area contributed by atoms with Crippen molar-refractivity contribution in [3.63, 3.8) is 0 Å². The van der Waals surface area contributed by atoms with Crippen LogP contribution >= 0.6 is 11.6 Å². The number of aromatic nitrogens is 2. The molecule has 0 amide bonds. The Bertz CT molecular complexity index is 485. The molecule has 0 aliphatic carbocycles. The van der Waals surface area contributed by atoms with Gasteiger partial charge in [-0.15, -0.1) is 0 Å². The van der Waals surface area contributed by atoms with E-state index in [9.17, 15) is 0 Å². The first kappa shape index (κ1) is 12.0. The molecule has 0 bridgehead atoms. The van der Waals surface area contributed by atoms with Crippen LogP contribution < -0.4 is 5.32 Å². The topological polar surface area (TPSA) is 37.8 Å². The van der Waals surface area contributed by atoms with Crippen LogP contribution in [0.2, 0.25) is 5.02 Å². The third kappa shape index (κ3) is 3.02. The molecule has 0 unspecified atom stereocenters. The molecule has 1 aromatic heterocycles. The minimum atomic E-state index is 0.767. The number of halogens is 1. The maximum absolute atomic E-state index is 6.14. The third-order valence-electron chi connectivity index (χ3n) is 2.47. The summed E-state index contributed by atoms with van der Waals surface area (Å²) in [6.07, 6.45) is 5.10. The van der Waals surface area contributed by atoms with Crippen LogP contribution in [0.25, 0.3) is 11.3 Å². The van der Waals surface area contributed by atoms with Crippen LogP contribution in [0.3, 0.4) is 0 Å². The van der Waals surface area contributed by atoms with Crippen molar-refractivity contribution in [2.45, 2.75) is 13.5 Å². The molecule has 0 saturated heterocycles. The predicted octanol–water partition coefficient (Wildman–Crippen LogP) is 2.91. The van der Waals surface area contributed by atoms with E-state index in [2.05, 4.69) is 28.3 Å². The van der Waals surface area contributed by atoms with E-state index >= 15 is 0 Å². The lowest BCUT2D eigenvalue weighted by Crippen LogP contribution is -2.12. The molecule has 0 atom stereocenters. The van der Waals surface area contributed by atoms with Crippen LogP contribution in [0.5, 0.6) is 0 Å². The molecular formula is C13H14ClN3. The zero-order valence-corrected chi connectivity index (χ0v) is 10.4. The van der Waals surface area contributed by atoms with Crippen LogP contribution in [0.4, 0.5) is 0 Å². The Morgan fingerprint density at radius 1 is 1.29 bits per heavy atom. The summed E-state index contributed by atoms with van der Waals surface area (Å²) in [5, 5.41) is 4.04. The monoisotopic (exact) mass is 247 g/mol. The number of nitrogens with one attached hydrogen (secondary N) is 1. The van der Waals surface area contributed by atoms with Crippen molar-refractivity contribution in [2.75, 3.05) is 6.54 Å². The molecule has 2 rings (SSSR count). The highest BCUT2D eigenvalue weighted by Crippen LogP contribution is 2.23. The van der Waals surface area contributed by atoms with Gasteiger partial charge < -0.3 is 5.32 Å². The fourth-order valence-corrected chi connectivity index (χ4v) is 1.76. The molecule has 1 aromatic carbocycles. The maximum atomic E-state index is 6.14. The Morgan fingerprint density at radius 2 is 2.18 bits per heavy atom. The van der Waals surface area contributed by atoms with Gasteiger partial charge in [0.2, 0.25) is 0 Å². The Kier molecular flexibility index (Phi) is 4.07. The van der Waals surface area contributed by atoms with Gasteiger partial charge in [0, 0.05) is 29.5 Å². The van der Waals surface area contributed by atoms with Gasteiger partial charge in [0.15, 0.2) is 0 Å². The molecule has 0 saturated carbocycles. The van der Waals surface area contributed by atoms with Crippen LogP contribution in [0.15, 0.2) is 36.8 Å². The van der Waals surface area contributed by atoms with E-state index in [0.29, 0.717) is 0 Å². The second kappa shape index (κ2) is 5.75. The van der Waals surface area contributed by atoms with Gasteiger partial charge in [-0.25, -0.2) is 0 Å². The molecule has 0 spiro atoms. The van der Waals surface area contributed by atoms with Gasteiger partial charge in [0.05, 0.1) is 11.9 Å². The van der Waals surface area contributed by atoms with Crippen molar-refractivity contribution in [2.24, 2.45) is 0 Å². The minimum Gasteiger partial charge on any atom is -0.313 e. The summed E-state index contributed by atoms with van der Waals surface area (Å²) in [4.78, 5) is 8.34. The first-order valence-electron chi connectivity index (χ1n) is 5.56. The second-order valence-corrected chi connectivity index (χ2v) is 4.08. The summed E-state index contributed by atoms with van der Waals surface area (Å²) in [7, 11) is 0. The van der Waals surface area contributed by atoms with Crippen molar-refractivity contribution in [1.82, 2.24) is 15.3 Å². The summed E-state index contributed by atoms with van der Waals surface area (Å²) < 4.78 is 0. The fourth-order valence-electron chi connectivity index (χ4n) is 1.58. The van der Waals surface area contributed by atoms with Crippen molar-refractivity contribution < 1.29 is 0 Å². The van der Waals surface area contributed by atoms with Gasteiger partial charge in [-0.1, -0.05) is 24.6 Å². The normalized spacial score (nSPS) is 10.5. The van der Waals surface area contributed by atoms with E-state index in [-0.39, 0.29) is 0 Å². The van der Waals surface area contributed by atoms with E-state index in [1.807, 2.05) is 12.1 Å². The van der Waals surface area contributed by atoms with Gasteiger partial charge in [0.25, 0.3) is 0 Å². The quantitative estimate of drug-likeness (QED) is 0.903. The maximum Gasteiger partial charge on any atom is 0.0885 e. The Morgan fingerprint density at radius 3 is 2.88 bits per heavy atom. The molecule has 4 heteroatoms. The standard InChI is InChI=1S/C13H14ClN3/c1-2-15-8-11-7-10(3-4-12(11)14)13-9-16-5-6-17-13/h3-7,9,15H,2,8H2,1H3. The van der Waals surface area contributed by atoms with Gasteiger partial charge in [0.1, 0.15) is 0 Å². The summed E-state index contributed by atoms with van der Waals surface area (Å²) in [5.41, 5.74) is 2.98. The minimum absolute atomic E-state index is 0.767. The SMILES string of the molecule is CCNCc1cc(-c2cnccn2)ccc1Cl. The van der Waals surface area contributed by atoms with Crippen molar-refractivity contribution in [3.8, 4) is 11.3 Å². The van der Waals surface area contributed by atoms with Gasteiger partial charge >= 0.3 is 0 Å². The van der Waals surface area contributed by atoms with E-state index in [1.54, 1.807) is 18.6 Å². The number of hydrogen-bond acceptors (Lipinski definition) is 3. The largest absolute Gasteiger partial charge is 0.313 e. The first-order chi connectivity index (χ1) is 8.31. The molecule has 1 heterocycles. The summed E-state index contributed by atoms with van der Waals surface area (Å²) in [6, 6.07) is 5.91. The summed E-state index contributed by atoms with van der Waals surface area (Å²) in [5.74, 6) is 0. The molecule has 88 valence electrons. The molecule has 17 heavy (non-hydrogen) atoms. The average Bonchev–Trinajstić information content (AvgIpc) is 2.39. The van der Waals surface area contributed by atoms with E-state index in [1.165, 1.54) is 0 Å². The lowest BCUT2D eigenvalue weighted by Gasteiger charge is -2.07. The molecular weight excluding hydrogens is 234 g/mol. The summed E-state index contributed by atoms with van der Waals surface area (Å²) >= 11 is 6.14. The number of benzene rings is 1. The first-order valence-corrected chi connectivity index (χ1v) is 5.94. The molecule has 0 radical (unpaired) electrons. The Balaban J connectivity index is 2.31. The van der Waals surface area contributed by atoms with Crippen LogP contribution in [0, 0.1) is 0 Å². The van der Waals surface area contributed by atoms with Gasteiger partial charge in [-0.3, -0.25) is 9.97 Å². The number of hydrogen-bond donors (Lipinski definition) is 1. The molecule has 0 fully saturated rings. The molecule has 3 nitrogen and oxygen atoms in total. The van der Waals surface area contributed by atoms with Crippen molar-refractivity contribution >= 4 is 11.6 Å². The molecule has 2 aromatic rings. The van der Waals surface area contributed by atoms with Crippen LogP contribution in [-0.4, -0.2) is 16.5 Å². The van der Waals surface area contributed by atoms with Gasteiger partial charge in [-0.05, 0) is 24.2 Å². The lowest BCUT2D eigenvalue weighted by atomic mass is 10.1. The van der Waals surface area contributed by atoms with Gasteiger partial charge in [-0.2, -0.15) is 0 Å². The molecule has 0 aliphatic heterocycles. The van der Waals surface area contributed by atoms with Crippen LogP contribution in [-0.2, 0) is 6.54 Å². The van der Waals surface area contributed by atoms with E-state index in [0.717, 1.165) is 34.9 Å². The average molecular weight is 248 g/mol. The number of rotatable bonds is 4. The zero-order chi connectivity index (χ0) is 12.1. The highest BCUT2D eigenvalue weighted by Gasteiger charge is 2.04. The number of nitrogens with zero attached hydrogens (tertiary/aromatic N) is 2. The fraction of sp³-hybridized carbons (Fsp3) is 0.231. The van der Waals surface area contributed by atoms with Crippen LogP contribution in [0.1, 0.15) is 12.5 Å². The smallest absolute Gasteiger partial charge is 0.0885 e. The lowest BCUT2D eigenvalue weighted by molar-refractivity contribution is 0.727. The Hall–Kier alpha value is -1.45. The Labute approximate surface area is 106 Å². The highest BCUT2D eigenvalue weighted by atomic mass is 35.5. The van der Waals surface area contributed by atoms with Crippen molar-refractivity contribution in [3.05, 3.63) is 47.4 Å². The highest BCUT2D eigenvalue weighted by molar-refractivity contribution is 6.31. The van der Waals surface area contributed by atoms with E-state index < -0.39 is 0 Å². The molecule has 0 aliphatic rings. The summed E-state index contributed by atoms with van der Waals surface area (Å²) in [6.45, 7) is 3.76. The third-order valence-corrected chi connectivity index (χ3v) is 2.84. The van der Waals surface area contributed by atoms with E-state index in [4.69, 9.17) is 11.6 Å². The second-order valence-electron chi connectivity index (χ2n) is 3.68. The molecule has 1 N–H and O–H groups in total.